The second-order valence-corrected chi connectivity index (χ2v) is 16.3. The summed E-state index contributed by atoms with van der Waals surface area (Å²) in [7, 11) is 0. The van der Waals surface area contributed by atoms with Gasteiger partial charge in [-0.15, -0.1) is 5.69 Å². The first-order valence-corrected chi connectivity index (χ1v) is 19.8. The van der Waals surface area contributed by atoms with E-state index in [1.54, 1.807) is 0 Å². The Labute approximate surface area is 364 Å². The van der Waals surface area contributed by atoms with Crippen molar-refractivity contribution in [1.29, 1.82) is 0 Å². The van der Waals surface area contributed by atoms with Crippen LogP contribution in [0.25, 0.3) is 38.8 Å². The van der Waals surface area contributed by atoms with Crippen molar-refractivity contribution in [3.05, 3.63) is 181 Å². The average Bonchev–Trinajstić information content (AvgIpc) is 3.16. The van der Waals surface area contributed by atoms with Crippen LogP contribution in [0.2, 0.25) is 0 Å². The number of nitrogens with zero attached hydrogens (tertiary/aromatic N) is 2. The number of phenols is 1. The first-order chi connectivity index (χ1) is 25.8. The molecule has 5 aromatic carbocycles. The van der Waals surface area contributed by atoms with Crippen molar-refractivity contribution in [2.24, 2.45) is 0 Å². The molecule has 1 atom stereocenters. The van der Waals surface area contributed by atoms with Gasteiger partial charge in [0.05, 0.1) is 5.69 Å². The normalized spacial score (nSPS) is 11.7. The fourth-order valence-corrected chi connectivity index (χ4v) is 7.56. The molecule has 0 spiro atoms. The molecule has 6 aromatic rings. The van der Waals surface area contributed by atoms with Crippen LogP contribution < -0.4 is 0 Å². The van der Waals surface area contributed by atoms with Crippen molar-refractivity contribution in [2.75, 3.05) is 0 Å². The van der Waals surface area contributed by atoms with Crippen LogP contribution in [0.5, 0.6) is 5.75 Å². The van der Waals surface area contributed by atoms with Crippen LogP contribution in [-0.2, 0) is 25.8 Å². The molecule has 0 amide bonds. The Kier molecular flexibility index (Phi) is 16.9. The SMILES string of the molecule is CC(C)c1cc(-c2cccc(-c3ccccc3-c3cccc(C([N-]c4c(C(C)C)cccc4C(C)C)c4ccccc4C(C)C)n3)c2O)cc(C(C)C)c1.[CH3-].[CH3-].[Hf]. The molecule has 0 saturated heterocycles. The van der Waals surface area contributed by atoms with Crippen LogP contribution in [0.1, 0.15) is 144 Å². The van der Waals surface area contributed by atoms with Crippen LogP contribution in [-0.4, -0.2) is 10.1 Å². The van der Waals surface area contributed by atoms with Crippen LogP contribution >= 0.6 is 0 Å². The van der Waals surface area contributed by atoms with Gasteiger partial charge in [0.25, 0.3) is 0 Å². The van der Waals surface area contributed by atoms with E-state index in [0.717, 1.165) is 44.9 Å². The molecule has 6 rings (SSSR count). The molecule has 0 saturated carbocycles. The monoisotopic (exact) mass is 923 g/mol. The van der Waals surface area contributed by atoms with Gasteiger partial charge in [0, 0.05) is 48.2 Å². The van der Waals surface area contributed by atoms with Gasteiger partial charge in [-0.25, -0.2) is 0 Å². The summed E-state index contributed by atoms with van der Waals surface area (Å²) in [4.78, 5) is 5.45. The van der Waals surface area contributed by atoms with Crippen LogP contribution in [0.4, 0.5) is 5.69 Å². The molecule has 0 radical (unpaired) electrons. The summed E-state index contributed by atoms with van der Waals surface area (Å²) in [5, 5.41) is 17.8. The van der Waals surface area contributed by atoms with Gasteiger partial charge in [-0.1, -0.05) is 195 Å². The molecule has 0 bridgehead atoms. The number of phenolic OH excluding ortho intramolecular Hbond substituents is 1. The van der Waals surface area contributed by atoms with E-state index >= 15 is 0 Å². The van der Waals surface area contributed by atoms with E-state index in [1.807, 2.05) is 18.2 Å². The van der Waals surface area contributed by atoms with E-state index in [9.17, 15) is 5.11 Å². The third kappa shape index (κ3) is 10.2. The van der Waals surface area contributed by atoms with Gasteiger partial charge < -0.3 is 25.3 Å². The second kappa shape index (κ2) is 20.4. The summed E-state index contributed by atoms with van der Waals surface area (Å²) >= 11 is 0. The first-order valence-electron chi connectivity index (χ1n) is 19.8. The largest absolute Gasteiger partial charge is 0.673 e. The standard InChI is InChI=1S/C51H57N2O.2CH3.Hf/c1-31(2)36-28-37(32(3)4)30-38(29-36)42-24-16-25-46(51(42)54)43-19-12-13-20-44(43)47-26-17-27-48(52-47)50(45-21-14-11-18-39(45)33(5)6)53-49-40(34(7)8)22-15-23-41(49)35(9)10;;;/h11-35,50H,1-10H3,(H,52,54);2*1H3;/q3*-1;. The molecular weight excluding hydrogens is 859 g/mol. The Morgan fingerprint density at radius 1 is 0.456 bits per heavy atom. The summed E-state index contributed by atoms with van der Waals surface area (Å²) in [6.45, 7) is 22.4. The quantitative estimate of drug-likeness (QED) is 0.0982. The summed E-state index contributed by atoms with van der Waals surface area (Å²) in [5.41, 5.74) is 14.9. The molecule has 0 fully saturated rings. The first kappa shape index (κ1) is 47.1. The molecule has 0 aliphatic heterocycles. The molecular formula is C53H63HfN2O-3. The third-order valence-corrected chi connectivity index (χ3v) is 10.7. The van der Waals surface area contributed by atoms with Crippen molar-refractivity contribution >= 4 is 5.69 Å². The molecule has 1 heterocycles. The molecule has 4 heteroatoms. The minimum Gasteiger partial charge on any atom is -0.673 e. The van der Waals surface area contributed by atoms with E-state index in [0.29, 0.717) is 29.6 Å². The fourth-order valence-electron chi connectivity index (χ4n) is 7.56. The van der Waals surface area contributed by atoms with E-state index in [-0.39, 0.29) is 52.5 Å². The Morgan fingerprint density at radius 2 is 0.912 bits per heavy atom. The van der Waals surface area contributed by atoms with Crippen LogP contribution in [0, 0.1) is 14.9 Å². The topological polar surface area (TPSA) is 47.2 Å². The molecule has 1 N–H and O–H groups in total. The summed E-state index contributed by atoms with van der Waals surface area (Å²) < 4.78 is 0. The number of para-hydroxylation sites is 2. The molecule has 0 aliphatic carbocycles. The summed E-state index contributed by atoms with van der Waals surface area (Å²) in [6, 6.07) is 42.5. The van der Waals surface area contributed by atoms with Gasteiger partial charge in [0.2, 0.25) is 0 Å². The van der Waals surface area contributed by atoms with Gasteiger partial charge in [-0.05, 0) is 75.6 Å². The van der Waals surface area contributed by atoms with Crippen molar-refractivity contribution in [3.63, 3.8) is 0 Å². The van der Waals surface area contributed by atoms with Crippen molar-refractivity contribution in [2.45, 2.75) is 105 Å². The summed E-state index contributed by atoms with van der Waals surface area (Å²) in [5.74, 6) is 2.00. The van der Waals surface area contributed by atoms with Gasteiger partial charge in [0.15, 0.2) is 0 Å². The Bertz CT molecular complexity index is 2180. The average molecular weight is 923 g/mol. The zero-order chi connectivity index (χ0) is 38.7. The second-order valence-electron chi connectivity index (χ2n) is 16.3. The maximum absolute atomic E-state index is 12.1. The van der Waals surface area contributed by atoms with Gasteiger partial charge in [-0.3, -0.25) is 4.98 Å². The van der Waals surface area contributed by atoms with Gasteiger partial charge >= 0.3 is 0 Å². The maximum atomic E-state index is 12.1. The number of hydrogen-bond acceptors (Lipinski definition) is 2. The molecule has 1 aromatic heterocycles. The number of aromatic hydroxyl groups is 1. The maximum Gasteiger partial charge on any atom is 0.131 e. The predicted octanol–water partition coefficient (Wildman–Crippen LogP) is 16.1. The molecule has 298 valence electrons. The fraction of sp³-hybridized carbons (Fsp3) is 0.302. The minimum atomic E-state index is -0.312. The zero-order valence-corrected chi connectivity index (χ0v) is 39.9. The smallest absolute Gasteiger partial charge is 0.131 e. The van der Waals surface area contributed by atoms with Crippen molar-refractivity contribution < 1.29 is 30.9 Å². The predicted molar refractivity (Wildman–Crippen MR) is 243 cm³/mol. The Hall–Kier alpha value is -4.28. The van der Waals surface area contributed by atoms with Crippen LogP contribution in [0.3, 0.4) is 0 Å². The Balaban J connectivity index is 0.00000290. The zero-order valence-electron chi connectivity index (χ0n) is 36.4. The third-order valence-electron chi connectivity index (χ3n) is 10.7. The molecule has 3 nitrogen and oxygen atoms in total. The molecule has 1 unspecified atom stereocenters. The van der Waals surface area contributed by atoms with E-state index in [4.69, 9.17) is 10.3 Å². The van der Waals surface area contributed by atoms with Crippen LogP contribution in [0.15, 0.2) is 121 Å². The number of aromatic nitrogens is 1. The Morgan fingerprint density at radius 3 is 1.47 bits per heavy atom. The number of hydrogen-bond donors (Lipinski definition) is 1. The van der Waals surface area contributed by atoms with E-state index in [1.165, 1.54) is 33.4 Å². The number of rotatable bonds is 12. The number of benzene rings is 5. The molecule has 57 heavy (non-hydrogen) atoms. The minimum absolute atomic E-state index is 0. The summed E-state index contributed by atoms with van der Waals surface area (Å²) in [6.07, 6.45) is 0. The van der Waals surface area contributed by atoms with Crippen molar-refractivity contribution in [1.82, 2.24) is 4.98 Å². The van der Waals surface area contributed by atoms with Gasteiger partial charge in [0.1, 0.15) is 5.75 Å². The van der Waals surface area contributed by atoms with Gasteiger partial charge in [-0.2, -0.15) is 0 Å². The van der Waals surface area contributed by atoms with Crippen molar-refractivity contribution in [3.8, 4) is 39.3 Å². The van der Waals surface area contributed by atoms with E-state index < -0.39 is 0 Å². The number of pyridine rings is 1. The van der Waals surface area contributed by atoms with E-state index in [2.05, 4.69) is 172 Å². The molecule has 0 aliphatic rings.